The molecule has 1 aromatic heterocycles. The van der Waals surface area contributed by atoms with Crippen LogP contribution in [0, 0.1) is 0 Å². The van der Waals surface area contributed by atoms with Gasteiger partial charge in [0.2, 0.25) is 0 Å². The lowest BCUT2D eigenvalue weighted by atomic mass is 9.77. The molecule has 1 N–H and O–H groups in total. The number of likely N-dealkylation sites (tertiary alicyclic amines) is 1. The van der Waals surface area contributed by atoms with Gasteiger partial charge in [0, 0.05) is 43.6 Å². The Morgan fingerprint density at radius 2 is 1.74 bits per heavy atom. The predicted molar refractivity (Wildman–Crippen MR) is 131 cm³/mol. The van der Waals surface area contributed by atoms with Gasteiger partial charge in [-0.15, -0.1) is 0 Å². The molecule has 2 aromatic carbocycles. The fourth-order valence-electron chi connectivity index (χ4n) is 5.14. The highest BCUT2D eigenvalue weighted by Gasteiger charge is 2.57. The van der Waals surface area contributed by atoms with Gasteiger partial charge in [-0.2, -0.15) is 0 Å². The average molecular weight is 458 g/mol. The Morgan fingerprint density at radius 1 is 1.06 bits per heavy atom. The standard InChI is InChI=1S/C28H31N3O3/c1-33-25-9-7-22(8-10-25)27(32)28(26-20-34-26,23-5-3-2-4-6-23)31-17-13-24(14-18-31)30-19-21-11-15-29-16-12-21/h2-12,15-16,24,26,30H,13-14,17-20H2,1H3. The topological polar surface area (TPSA) is 67.0 Å². The smallest absolute Gasteiger partial charge is 0.190 e. The third-order valence-electron chi connectivity index (χ3n) is 7.05. The lowest BCUT2D eigenvalue weighted by Crippen LogP contribution is -2.59. The van der Waals surface area contributed by atoms with Crippen molar-refractivity contribution < 1.29 is 14.3 Å². The Hall–Kier alpha value is -3.06. The molecule has 2 aliphatic rings. The normalized spacial score (nSPS) is 20.4. The number of methoxy groups -OCH3 is 1. The number of hydrogen-bond donors (Lipinski definition) is 1. The second-order valence-electron chi connectivity index (χ2n) is 9.01. The van der Waals surface area contributed by atoms with Gasteiger partial charge >= 0.3 is 0 Å². The summed E-state index contributed by atoms with van der Waals surface area (Å²) in [6.07, 6.45) is 5.46. The molecule has 6 nitrogen and oxygen atoms in total. The molecule has 3 heterocycles. The van der Waals surface area contributed by atoms with Gasteiger partial charge < -0.3 is 14.8 Å². The van der Waals surface area contributed by atoms with E-state index in [9.17, 15) is 4.79 Å². The highest BCUT2D eigenvalue weighted by molar-refractivity contribution is 6.04. The maximum atomic E-state index is 14.3. The molecule has 5 rings (SSSR count). The molecule has 0 spiro atoms. The maximum absolute atomic E-state index is 14.3. The van der Waals surface area contributed by atoms with Crippen molar-refractivity contribution in [3.63, 3.8) is 0 Å². The minimum atomic E-state index is -0.827. The van der Waals surface area contributed by atoms with Crippen molar-refractivity contribution in [2.24, 2.45) is 0 Å². The van der Waals surface area contributed by atoms with Crippen LogP contribution in [-0.2, 0) is 16.8 Å². The molecule has 2 atom stereocenters. The fourth-order valence-corrected chi connectivity index (χ4v) is 5.14. The number of pyridine rings is 1. The van der Waals surface area contributed by atoms with Crippen molar-refractivity contribution >= 4 is 5.78 Å². The Bertz CT molecular complexity index is 1080. The van der Waals surface area contributed by atoms with E-state index in [0.717, 1.165) is 43.8 Å². The summed E-state index contributed by atoms with van der Waals surface area (Å²) in [6, 6.07) is 22.1. The highest BCUT2D eigenvalue weighted by atomic mass is 16.6. The van der Waals surface area contributed by atoms with Crippen molar-refractivity contribution in [1.82, 2.24) is 15.2 Å². The van der Waals surface area contributed by atoms with Gasteiger partial charge in [-0.05, 0) is 60.4 Å². The van der Waals surface area contributed by atoms with Gasteiger partial charge in [0.15, 0.2) is 5.78 Å². The third-order valence-corrected chi connectivity index (χ3v) is 7.05. The number of ketones is 1. The van der Waals surface area contributed by atoms with Gasteiger partial charge in [-0.25, -0.2) is 0 Å². The molecular formula is C28H31N3O3. The van der Waals surface area contributed by atoms with E-state index in [1.54, 1.807) is 7.11 Å². The van der Waals surface area contributed by atoms with Gasteiger partial charge in [0.05, 0.1) is 13.7 Å². The molecule has 0 amide bonds. The minimum absolute atomic E-state index is 0.0899. The lowest BCUT2D eigenvalue weighted by molar-refractivity contribution is 0.0266. The van der Waals surface area contributed by atoms with Crippen LogP contribution in [0.2, 0.25) is 0 Å². The number of nitrogens with one attached hydrogen (secondary N) is 1. The summed E-state index contributed by atoms with van der Waals surface area (Å²) in [7, 11) is 1.63. The van der Waals surface area contributed by atoms with E-state index in [4.69, 9.17) is 9.47 Å². The molecule has 2 saturated heterocycles. The van der Waals surface area contributed by atoms with E-state index in [-0.39, 0.29) is 11.9 Å². The van der Waals surface area contributed by atoms with Gasteiger partial charge in [0.25, 0.3) is 0 Å². The zero-order valence-corrected chi connectivity index (χ0v) is 19.5. The van der Waals surface area contributed by atoms with Crippen molar-refractivity contribution in [2.75, 3.05) is 26.8 Å². The molecule has 0 saturated carbocycles. The number of ether oxygens (including phenoxy) is 2. The van der Waals surface area contributed by atoms with E-state index < -0.39 is 5.54 Å². The lowest BCUT2D eigenvalue weighted by Gasteiger charge is -2.46. The number of piperidine rings is 1. The third kappa shape index (κ3) is 4.49. The van der Waals surface area contributed by atoms with E-state index >= 15 is 0 Å². The summed E-state index contributed by atoms with van der Waals surface area (Å²) < 4.78 is 11.2. The molecule has 0 radical (unpaired) electrons. The minimum Gasteiger partial charge on any atom is -0.497 e. The number of hydrogen-bond acceptors (Lipinski definition) is 6. The van der Waals surface area contributed by atoms with Crippen LogP contribution < -0.4 is 10.1 Å². The van der Waals surface area contributed by atoms with Crippen molar-refractivity contribution in [1.29, 1.82) is 0 Å². The van der Waals surface area contributed by atoms with Gasteiger partial charge in [0.1, 0.15) is 17.4 Å². The van der Waals surface area contributed by atoms with Crippen LogP contribution in [-0.4, -0.2) is 54.6 Å². The van der Waals surface area contributed by atoms with E-state index in [1.165, 1.54) is 5.56 Å². The Kier molecular flexibility index (Phi) is 6.72. The second kappa shape index (κ2) is 10.1. The Labute approximate surface area is 200 Å². The molecular weight excluding hydrogens is 426 g/mol. The van der Waals surface area contributed by atoms with Crippen LogP contribution in [0.15, 0.2) is 79.1 Å². The number of Topliss-reactive ketones (excluding diaryl/α,β-unsaturated/α-hetero) is 1. The summed E-state index contributed by atoms with van der Waals surface area (Å²) in [4.78, 5) is 20.7. The van der Waals surface area contributed by atoms with Crippen LogP contribution in [0.25, 0.3) is 0 Å². The number of carbonyl (C=O) groups is 1. The molecule has 0 aliphatic carbocycles. The first-order valence-corrected chi connectivity index (χ1v) is 11.9. The van der Waals surface area contributed by atoms with Crippen LogP contribution in [0.3, 0.4) is 0 Å². The molecule has 176 valence electrons. The monoisotopic (exact) mass is 457 g/mol. The molecule has 2 fully saturated rings. The SMILES string of the molecule is COc1ccc(C(=O)C(c2ccccc2)(C2CO2)N2CCC(NCc3ccncc3)CC2)cc1. The first-order chi connectivity index (χ1) is 16.7. The fraction of sp³-hybridized carbons (Fsp3) is 0.357. The van der Waals surface area contributed by atoms with E-state index in [2.05, 4.69) is 27.3 Å². The first-order valence-electron chi connectivity index (χ1n) is 11.9. The zero-order chi connectivity index (χ0) is 23.4. The van der Waals surface area contributed by atoms with E-state index in [1.807, 2.05) is 67.0 Å². The molecule has 0 bridgehead atoms. The zero-order valence-electron chi connectivity index (χ0n) is 19.5. The van der Waals surface area contributed by atoms with Crippen LogP contribution >= 0.6 is 0 Å². The number of epoxide rings is 1. The number of aromatic nitrogens is 1. The summed E-state index contributed by atoms with van der Waals surface area (Å²) in [5, 5.41) is 3.68. The van der Waals surface area contributed by atoms with Crippen LogP contribution in [0.1, 0.15) is 34.3 Å². The summed E-state index contributed by atoms with van der Waals surface area (Å²) in [6.45, 7) is 3.07. The summed E-state index contributed by atoms with van der Waals surface area (Å²) >= 11 is 0. The molecule has 2 unspecified atom stereocenters. The van der Waals surface area contributed by atoms with Gasteiger partial charge in [-0.1, -0.05) is 30.3 Å². The maximum Gasteiger partial charge on any atom is 0.190 e. The Balaban J connectivity index is 1.40. The molecule has 2 aliphatic heterocycles. The molecule has 3 aromatic rings. The van der Waals surface area contributed by atoms with Crippen molar-refractivity contribution in [3.8, 4) is 5.75 Å². The molecule has 34 heavy (non-hydrogen) atoms. The summed E-state index contributed by atoms with van der Waals surface area (Å²) in [5.41, 5.74) is 2.09. The number of nitrogens with zero attached hydrogens (tertiary/aromatic N) is 2. The van der Waals surface area contributed by atoms with Crippen molar-refractivity contribution in [3.05, 3.63) is 95.8 Å². The number of rotatable bonds is 9. The largest absolute Gasteiger partial charge is 0.497 e. The van der Waals surface area contributed by atoms with E-state index in [0.29, 0.717) is 18.2 Å². The first kappa shape index (κ1) is 22.7. The highest BCUT2D eigenvalue weighted by Crippen LogP contribution is 2.44. The number of benzene rings is 2. The summed E-state index contributed by atoms with van der Waals surface area (Å²) in [5.74, 6) is 0.831. The molecule has 6 heteroatoms. The second-order valence-corrected chi connectivity index (χ2v) is 9.01. The quantitative estimate of drug-likeness (QED) is 0.389. The number of carbonyl (C=O) groups excluding carboxylic acids is 1. The van der Waals surface area contributed by atoms with Crippen LogP contribution in [0.4, 0.5) is 0 Å². The Morgan fingerprint density at radius 3 is 2.35 bits per heavy atom. The van der Waals surface area contributed by atoms with Crippen molar-refractivity contribution in [2.45, 2.75) is 37.1 Å². The average Bonchev–Trinajstić information content (AvgIpc) is 3.76. The van der Waals surface area contributed by atoms with Crippen LogP contribution in [0.5, 0.6) is 5.75 Å². The van der Waals surface area contributed by atoms with Gasteiger partial charge in [-0.3, -0.25) is 14.7 Å². The predicted octanol–water partition coefficient (Wildman–Crippen LogP) is 3.82.